The Labute approximate surface area is 234 Å². The summed E-state index contributed by atoms with van der Waals surface area (Å²) in [7, 11) is 1.75. The summed E-state index contributed by atoms with van der Waals surface area (Å²) in [5, 5.41) is 21.9. The fraction of sp³-hybridized carbons (Fsp3) is 0.321. The van der Waals surface area contributed by atoms with Gasteiger partial charge in [0.1, 0.15) is 10.8 Å². The Bertz CT molecular complexity index is 1370. The number of benzene rings is 2. The van der Waals surface area contributed by atoms with E-state index in [1.807, 2.05) is 31.2 Å². The highest BCUT2D eigenvalue weighted by molar-refractivity contribution is 7.18. The van der Waals surface area contributed by atoms with Crippen molar-refractivity contribution < 1.29 is 34.1 Å². The standard InChI is InChI=1S/C28H29ClN2O7S/c1-16-6-3-4-9-20(16)31(2)27(34)23(17-10-12-30-13-11-17)38-19-8-5-7-18(14-19)25-22(29)24(37-15-21(32)33)26(39-25)28(35)36/h3-9,14,17,23,30H,10-13,15H2,1-2H3,(H,32,33)(H,35,36). The predicted molar refractivity (Wildman–Crippen MR) is 149 cm³/mol. The molecule has 3 aromatic rings. The lowest BCUT2D eigenvalue weighted by Crippen LogP contribution is -2.47. The lowest BCUT2D eigenvalue weighted by Gasteiger charge is -2.33. The molecule has 1 atom stereocenters. The molecule has 4 rings (SSSR count). The van der Waals surface area contributed by atoms with Gasteiger partial charge in [0, 0.05) is 18.7 Å². The SMILES string of the molecule is Cc1ccccc1N(C)C(=O)C(Oc1cccc(-c2sc(C(=O)O)c(OCC(=O)O)c2Cl)c1)C1CCNCC1. The van der Waals surface area contributed by atoms with Gasteiger partial charge in [0.25, 0.3) is 5.91 Å². The molecule has 1 aromatic heterocycles. The van der Waals surface area contributed by atoms with E-state index in [4.69, 9.17) is 26.2 Å². The average Bonchev–Trinajstić information content (AvgIpc) is 3.27. The van der Waals surface area contributed by atoms with Crippen LogP contribution < -0.4 is 19.7 Å². The minimum atomic E-state index is -1.28. The van der Waals surface area contributed by atoms with Gasteiger partial charge in [0.2, 0.25) is 0 Å². The molecule has 9 nitrogen and oxygen atoms in total. The number of nitrogens with zero attached hydrogens (tertiary/aromatic N) is 1. The molecule has 1 saturated heterocycles. The van der Waals surface area contributed by atoms with Crippen LogP contribution in [0.15, 0.2) is 48.5 Å². The lowest BCUT2D eigenvalue weighted by molar-refractivity contribution is -0.139. The van der Waals surface area contributed by atoms with Crippen LogP contribution >= 0.6 is 22.9 Å². The Morgan fingerprint density at radius 1 is 1.13 bits per heavy atom. The first-order valence-electron chi connectivity index (χ1n) is 12.4. The number of hydrogen-bond acceptors (Lipinski definition) is 7. The molecule has 11 heteroatoms. The van der Waals surface area contributed by atoms with E-state index < -0.39 is 24.6 Å². The summed E-state index contributed by atoms with van der Waals surface area (Å²) in [4.78, 5) is 38.4. The number of carboxylic acid groups (broad SMARTS) is 2. The van der Waals surface area contributed by atoms with E-state index in [1.54, 1.807) is 36.2 Å². The maximum atomic E-state index is 13.8. The topological polar surface area (TPSA) is 125 Å². The zero-order chi connectivity index (χ0) is 28.1. The molecule has 0 saturated carbocycles. The van der Waals surface area contributed by atoms with E-state index in [-0.39, 0.29) is 27.5 Å². The van der Waals surface area contributed by atoms with Gasteiger partial charge in [-0.3, -0.25) is 4.79 Å². The summed E-state index contributed by atoms with van der Waals surface area (Å²) in [6.45, 7) is 2.79. The quantitative estimate of drug-likeness (QED) is 0.312. The van der Waals surface area contributed by atoms with Gasteiger partial charge in [-0.15, -0.1) is 11.3 Å². The number of anilines is 1. The van der Waals surface area contributed by atoms with Crippen molar-refractivity contribution in [2.24, 2.45) is 5.92 Å². The van der Waals surface area contributed by atoms with Crippen molar-refractivity contribution in [2.45, 2.75) is 25.9 Å². The Hall–Kier alpha value is -3.60. The van der Waals surface area contributed by atoms with Crippen LogP contribution in [0.4, 0.5) is 5.69 Å². The summed E-state index contributed by atoms with van der Waals surface area (Å²) in [6.07, 6.45) is 0.816. The molecular weight excluding hydrogens is 544 g/mol. The molecule has 1 aliphatic heterocycles. The van der Waals surface area contributed by atoms with E-state index in [9.17, 15) is 19.5 Å². The highest BCUT2D eigenvalue weighted by Crippen LogP contribution is 2.46. The van der Waals surface area contributed by atoms with Gasteiger partial charge in [-0.1, -0.05) is 41.9 Å². The molecule has 206 valence electrons. The molecule has 1 amide bonds. The molecule has 1 fully saturated rings. The minimum absolute atomic E-state index is 0.000988. The lowest BCUT2D eigenvalue weighted by atomic mass is 9.91. The molecule has 3 N–H and O–H groups in total. The zero-order valence-corrected chi connectivity index (χ0v) is 23.1. The third-order valence-corrected chi connectivity index (χ3v) is 8.25. The van der Waals surface area contributed by atoms with Crippen LogP contribution in [-0.4, -0.2) is 60.9 Å². The largest absolute Gasteiger partial charge is 0.480 e. The van der Waals surface area contributed by atoms with Crippen molar-refractivity contribution in [3.05, 3.63) is 64.0 Å². The van der Waals surface area contributed by atoms with Gasteiger partial charge in [0.15, 0.2) is 23.3 Å². The van der Waals surface area contributed by atoms with Crippen LogP contribution in [0.1, 0.15) is 28.1 Å². The van der Waals surface area contributed by atoms with Gasteiger partial charge in [-0.2, -0.15) is 0 Å². The van der Waals surface area contributed by atoms with Crippen molar-refractivity contribution in [1.82, 2.24) is 5.32 Å². The van der Waals surface area contributed by atoms with Crippen LogP contribution in [0.2, 0.25) is 5.02 Å². The van der Waals surface area contributed by atoms with Gasteiger partial charge in [0.05, 0.1) is 4.88 Å². The summed E-state index contributed by atoms with van der Waals surface area (Å²) in [5.41, 5.74) is 2.33. The number of para-hydroxylation sites is 1. The highest BCUT2D eigenvalue weighted by atomic mass is 35.5. The number of halogens is 1. The van der Waals surface area contributed by atoms with Crippen LogP contribution in [0, 0.1) is 12.8 Å². The Morgan fingerprint density at radius 3 is 2.51 bits per heavy atom. The van der Waals surface area contributed by atoms with Gasteiger partial charge >= 0.3 is 11.9 Å². The number of ether oxygens (including phenoxy) is 2. The number of aromatic carboxylic acids is 1. The second-order valence-corrected chi connectivity index (χ2v) is 10.6. The van der Waals surface area contributed by atoms with E-state index in [0.717, 1.165) is 48.5 Å². The number of carbonyl (C=O) groups is 3. The first kappa shape index (κ1) is 28.4. The fourth-order valence-corrected chi connectivity index (χ4v) is 5.99. The molecule has 39 heavy (non-hydrogen) atoms. The molecule has 0 radical (unpaired) electrons. The first-order chi connectivity index (χ1) is 18.7. The Morgan fingerprint density at radius 2 is 1.85 bits per heavy atom. The molecule has 1 unspecified atom stereocenters. The maximum Gasteiger partial charge on any atom is 0.349 e. The number of nitrogens with one attached hydrogen (secondary N) is 1. The summed E-state index contributed by atoms with van der Waals surface area (Å²) >= 11 is 7.34. The Kier molecular flexibility index (Phi) is 9.11. The van der Waals surface area contributed by atoms with Crippen LogP contribution in [-0.2, 0) is 9.59 Å². The number of aryl methyl sites for hydroxylation is 1. The molecule has 1 aliphatic rings. The van der Waals surface area contributed by atoms with Gasteiger partial charge in [-0.25, -0.2) is 9.59 Å². The molecule has 2 heterocycles. The van der Waals surface area contributed by atoms with Crippen molar-refractivity contribution in [1.29, 1.82) is 0 Å². The number of aliphatic carboxylic acids is 1. The van der Waals surface area contributed by atoms with Crippen LogP contribution in [0.3, 0.4) is 0 Å². The van der Waals surface area contributed by atoms with Gasteiger partial charge in [-0.05, 0) is 62.2 Å². The van der Waals surface area contributed by atoms with E-state index in [0.29, 0.717) is 16.2 Å². The van der Waals surface area contributed by atoms with E-state index in [1.165, 1.54) is 0 Å². The van der Waals surface area contributed by atoms with Gasteiger partial charge < -0.3 is 29.9 Å². The molecule has 0 spiro atoms. The Balaban J connectivity index is 1.66. The highest BCUT2D eigenvalue weighted by Gasteiger charge is 2.34. The number of piperidine rings is 1. The first-order valence-corrected chi connectivity index (χ1v) is 13.6. The number of amides is 1. The number of hydrogen-bond donors (Lipinski definition) is 3. The number of carboxylic acids is 2. The average molecular weight is 573 g/mol. The number of rotatable bonds is 10. The summed E-state index contributed by atoms with van der Waals surface area (Å²) in [5.74, 6) is -2.47. The number of likely N-dealkylation sites (N-methyl/N-ethyl adjacent to an activating group) is 1. The van der Waals surface area contributed by atoms with E-state index >= 15 is 0 Å². The second-order valence-electron chi connectivity index (χ2n) is 9.23. The molecule has 2 aromatic carbocycles. The zero-order valence-electron chi connectivity index (χ0n) is 21.5. The third kappa shape index (κ3) is 6.52. The fourth-order valence-electron chi connectivity index (χ4n) is 4.59. The molecular formula is C28H29ClN2O7S. The monoisotopic (exact) mass is 572 g/mol. The smallest absolute Gasteiger partial charge is 0.349 e. The van der Waals surface area contributed by atoms with Crippen LogP contribution in [0.5, 0.6) is 11.5 Å². The van der Waals surface area contributed by atoms with Crippen LogP contribution in [0.25, 0.3) is 10.4 Å². The summed E-state index contributed by atoms with van der Waals surface area (Å²) in [6, 6.07) is 14.6. The van der Waals surface area contributed by atoms with Crippen molar-refractivity contribution in [3.63, 3.8) is 0 Å². The number of carbonyl (C=O) groups excluding carboxylic acids is 1. The maximum absolute atomic E-state index is 13.8. The second kappa shape index (κ2) is 12.5. The van der Waals surface area contributed by atoms with Crippen molar-refractivity contribution in [2.75, 3.05) is 31.6 Å². The number of thiophene rings is 1. The molecule has 0 aliphatic carbocycles. The molecule has 0 bridgehead atoms. The van der Waals surface area contributed by atoms with Crippen molar-refractivity contribution in [3.8, 4) is 21.9 Å². The minimum Gasteiger partial charge on any atom is -0.480 e. The summed E-state index contributed by atoms with van der Waals surface area (Å²) < 4.78 is 11.6. The normalized spacial score (nSPS) is 14.4. The van der Waals surface area contributed by atoms with Crippen molar-refractivity contribution >= 4 is 46.5 Å². The van der Waals surface area contributed by atoms with E-state index in [2.05, 4.69) is 5.32 Å². The predicted octanol–water partition coefficient (Wildman–Crippen LogP) is 4.95. The third-order valence-electron chi connectivity index (χ3n) is 6.57.